The topological polar surface area (TPSA) is 93.1 Å². The van der Waals surface area contributed by atoms with Crippen LogP contribution < -0.4 is 10.0 Å². The molecule has 112 valence electrons. The summed E-state index contributed by atoms with van der Waals surface area (Å²) in [6, 6.07) is 5.51. The molecule has 2 aromatic rings. The van der Waals surface area contributed by atoms with E-state index in [1.54, 1.807) is 19.3 Å². The number of rotatable bonds is 4. The maximum Gasteiger partial charge on any atom is 0.258 e. The van der Waals surface area contributed by atoms with Gasteiger partial charge in [-0.3, -0.25) is 9.48 Å². The van der Waals surface area contributed by atoms with E-state index in [4.69, 9.17) is 11.6 Å². The molecule has 0 atom stereocenters. The lowest BCUT2D eigenvalue weighted by Crippen LogP contribution is -2.20. The summed E-state index contributed by atoms with van der Waals surface area (Å²) in [7, 11) is -0.648. The first-order valence-corrected chi connectivity index (χ1v) is 7.73. The zero-order valence-corrected chi connectivity index (χ0v) is 12.9. The molecule has 9 heteroatoms. The van der Waals surface area contributed by atoms with Crippen molar-refractivity contribution in [3.63, 3.8) is 0 Å². The second kappa shape index (κ2) is 5.84. The van der Waals surface area contributed by atoms with E-state index in [2.05, 4.69) is 15.1 Å². The van der Waals surface area contributed by atoms with Gasteiger partial charge in [0.15, 0.2) is 5.82 Å². The number of benzene rings is 1. The van der Waals surface area contributed by atoms with E-state index in [-0.39, 0.29) is 15.5 Å². The highest BCUT2D eigenvalue weighted by Crippen LogP contribution is 2.21. The van der Waals surface area contributed by atoms with Crippen molar-refractivity contribution in [1.29, 1.82) is 0 Å². The van der Waals surface area contributed by atoms with Gasteiger partial charge in [0.25, 0.3) is 5.91 Å². The Hall–Kier alpha value is -1.90. The minimum atomic E-state index is -3.65. The normalized spacial score (nSPS) is 11.4. The molecule has 1 aromatic heterocycles. The zero-order chi connectivity index (χ0) is 15.6. The Labute approximate surface area is 127 Å². The molecular weight excluding hydrogens is 316 g/mol. The highest BCUT2D eigenvalue weighted by atomic mass is 35.5. The van der Waals surface area contributed by atoms with Crippen LogP contribution in [0.1, 0.15) is 10.4 Å². The number of nitrogens with one attached hydrogen (secondary N) is 2. The number of hydrogen-bond acceptors (Lipinski definition) is 4. The van der Waals surface area contributed by atoms with Crippen molar-refractivity contribution in [3.8, 4) is 0 Å². The smallest absolute Gasteiger partial charge is 0.258 e. The largest absolute Gasteiger partial charge is 0.305 e. The van der Waals surface area contributed by atoms with E-state index >= 15 is 0 Å². The summed E-state index contributed by atoms with van der Waals surface area (Å²) in [5, 5.41) is 6.70. The number of halogens is 1. The van der Waals surface area contributed by atoms with Crippen LogP contribution in [0.5, 0.6) is 0 Å². The predicted molar refractivity (Wildman–Crippen MR) is 78.9 cm³/mol. The van der Waals surface area contributed by atoms with Crippen molar-refractivity contribution < 1.29 is 13.2 Å². The Balaban J connectivity index is 2.34. The minimum absolute atomic E-state index is 0.0411. The Morgan fingerprint density at radius 2 is 2.05 bits per heavy atom. The Kier molecular flexibility index (Phi) is 4.31. The van der Waals surface area contributed by atoms with E-state index in [9.17, 15) is 13.2 Å². The summed E-state index contributed by atoms with van der Waals surface area (Å²) in [5.74, 6) is -0.188. The first kappa shape index (κ1) is 15.5. The van der Waals surface area contributed by atoms with E-state index in [1.807, 2.05) is 0 Å². The molecule has 0 saturated heterocycles. The first-order valence-electron chi connectivity index (χ1n) is 5.87. The predicted octanol–water partition coefficient (Wildman–Crippen LogP) is 1.23. The molecule has 0 spiro atoms. The van der Waals surface area contributed by atoms with Crippen LogP contribution in [0.3, 0.4) is 0 Å². The summed E-state index contributed by atoms with van der Waals surface area (Å²) in [6.45, 7) is 0. The van der Waals surface area contributed by atoms with Crippen LogP contribution in [0.15, 0.2) is 35.4 Å². The molecule has 1 amide bonds. The first-order chi connectivity index (χ1) is 9.83. The monoisotopic (exact) mass is 328 g/mol. The maximum absolute atomic E-state index is 12.2. The van der Waals surface area contributed by atoms with Gasteiger partial charge < -0.3 is 5.32 Å². The molecule has 0 radical (unpaired) electrons. The maximum atomic E-state index is 12.2. The number of amides is 1. The van der Waals surface area contributed by atoms with Gasteiger partial charge in [-0.05, 0) is 25.2 Å². The SMILES string of the molecule is CNS(=O)(=O)c1ccc(Cl)c(C(=O)Nc2ccn(C)n2)c1. The molecule has 1 aromatic carbocycles. The van der Waals surface area contributed by atoms with Crippen molar-refractivity contribution in [1.82, 2.24) is 14.5 Å². The fourth-order valence-electron chi connectivity index (χ4n) is 1.63. The standard InChI is InChI=1S/C12H13ClN4O3S/c1-14-21(19,20)8-3-4-10(13)9(7-8)12(18)15-11-5-6-17(2)16-11/h3-7,14H,1-2H3,(H,15,16,18). The number of sulfonamides is 1. The third-order valence-electron chi connectivity index (χ3n) is 2.72. The highest BCUT2D eigenvalue weighted by molar-refractivity contribution is 7.89. The minimum Gasteiger partial charge on any atom is -0.305 e. The second-order valence-corrected chi connectivity index (χ2v) is 6.47. The van der Waals surface area contributed by atoms with Crippen LogP contribution in [-0.2, 0) is 17.1 Å². The van der Waals surface area contributed by atoms with E-state index in [0.717, 1.165) is 0 Å². The lowest BCUT2D eigenvalue weighted by molar-refractivity contribution is 0.102. The summed E-state index contributed by atoms with van der Waals surface area (Å²) >= 11 is 5.95. The number of carbonyl (C=O) groups excluding carboxylic acids is 1. The second-order valence-electron chi connectivity index (χ2n) is 4.18. The van der Waals surface area contributed by atoms with Crippen molar-refractivity contribution in [2.24, 2.45) is 7.05 Å². The zero-order valence-electron chi connectivity index (χ0n) is 11.3. The molecule has 2 rings (SSSR count). The Morgan fingerprint density at radius 3 is 2.62 bits per heavy atom. The lowest BCUT2D eigenvalue weighted by atomic mass is 10.2. The molecule has 0 fully saturated rings. The third-order valence-corrected chi connectivity index (χ3v) is 4.46. The number of hydrogen-bond donors (Lipinski definition) is 2. The van der Waals surface area contributed by atoms with Gasteiger partial charge in [0.1, 0.15) is 0 Å². The molecule has 2 N–H and O–H groups in total. The summed E-state index contributed by atoms with van der Waals surface area (Å²) in [4.78, 5) is 12.1. The molecule has 1 heterocycles. The molecule has 0 aliphatic heterocycles. The highest BCUT2D eigenvalue weighted by Gasteiger charge is 2.18. The van der Waals surface area contributed by atoms with Crippen LogP contribution in [0.2, 0.25) is 5.02 Å². The number of aryl methyl sites for hydroxylation is 1. The molecule has 0 bridgehead atoms. The molecule has 7 nitrogen and oxygen atoms in total. The Bertz CT molecular complexity index is 786. The molecule has 0 aliphatic rings. The van der Waals surface area contributed by atoms with Crippen LogP contribution in [0.25, 0.3) is 0 Å². The molecule has 0 unspecified atom stereocenters. The van der Waals surface area contributed by atoms with E-state index in [1.165, 1.54) is 29.9 Å². The number of aromatic nitrogens is 2. The van der Waals surface area contributed by atoms with Gasteiger partial charge in [0.05, 0.1) is 15.5 Å². The van der Waals surface area contributed by atoms with Crippen LogP contribution >= 0.6 is 11.6 Å². The van der Waals surface area contributed by atoms with Crippen molar-refractivity contribution in [2.45, 2.75) is 4.90 Å². The lowest BCUT2D eigenvalue weighted by Gasteiger charge is -2.07. The third kappa shape index (κ3) is 3.41. The van der Waals surface area contributed by atoms with Gasteiger partial charge in [-0.15, -0.1) is 0 Å². The average molecular weight is 329 g/mol. The molecule has 0 saturated carbocycles. The summed E-state index contributed by atoms with van der Waals surface area (Å²) in [6.07, 6.45) is 1.67. The van der Waals surface area contributed by atoms with Gasteiger partial charge in [-0.1, -0.05) is 11.6 Å². The van der Waals surface area contributed by atoms with E-state index < -0.39 is 15.9 Å². The number of nitrogens with zero attached hydrogens (tertiary/aromatic N) is 2. The van der Waals surface area contributed by atoms with Crippen LogP contribution in [0, 0.1) is 0 Å². The van der Waals surface area contributed by atoms with Crippen molar-refractivity contribution in [3.05, 3.63) is 41.0 Å². The van der Waals surface area contributed by atoms with Gasteiger partial charge in [-0.25, -0.2) is 13.1 Å². The van der Waals surface area contributed by atoms with Crippen molar-refractivity contribution >= 4 is 33.3 Å². The molecular formula is C12H13ClN4O3S. The van der Waals surface area contributed by atoms with Gasteiger partial charge >= 0.3 is 0 Å². The summed E-state index contributed by atoms with van der Waals surface area (Å²) < 4.78 is 27.2. The van der Waals surface area contributed by atoms with Crippen LogP contribution in [0.4, 0.5) is 5.82 Å². The van der Waals surface area contributed by atoms with Gasteiger partial charge in [0, 0.05) is 19.3 Å². The van der Waals surface area contributed by atoms with Gasteiger partial charge in [-0.2, -0.15) is 5.10 Å². The van der Waals surface area contributed by atoms with E-state index in [0.29, 0.717) is 5.82 Å². The number of anilines is 1. The fourth-order valence-corrected chi connectivity index (χ4v) is 2.59. The van der Waals surface area contributed by atoms with Crippen LogP contribution in [-0.4, -0.2) is 31.2 Å². The quantitative estimate of drug-likeness (QED) is 0.883. The molecule has 21 heavy (non-hydrogen) atoms. The Morgan fingerprint density at radius 1 is 1.33 bits per heavy atom. The number of carbonyl (C=O) groups is 1. The fraction of sp³-hybridized carbons (Fsp3) is 0.167. The van der Waals surface area contributed by atoms with Crippen molar-refractivity contribution in [2.75, 3.05) is 12.4 Å². The van der Waals surface area contributed by atoms with Gasteiger partial charge in [0.2, 0.25) is 10.0 Å². The average Bonchev–Trinajstić information content (AvgIpc) is 2.84. The summed E-state index contributed by atoms with van der Waals surface area (Å²) in [5.41, 5.74) is 0.0543. The molecule has 0 aliphatic carbocycles.